The van der Waals surface area contributed by atoms with E-state index in [4.69, 9.17) is 4.74 Å². The maximum absolute atomic E-state index is 13.6. The Balaban J connectivity index is 1.63. The lowest BCUT2D eigenvalue weighted by Crippen LogP contribution is -2.49. The van der Waals surface area contributed by atoms with E-state index in [0.29, 0.717) is 18.7 Å². The minimum absolute atomic E-state index is 0.0671. The summed E-state index contributed by atoms with van der Waals surface area (Å²) < 4.78 is 19.1. The summed E-state index contributed by atoms with van der Waals surface area (Å²) in [4.78, 5) is 14.6. The summed E-state index contributed by atoms with van der Waals surface area (Å²) in [7, 11) is 1.66. The lowest BCUT2D eigenvalue weighted by molar-refractivity contribution is -0.123. The predicted molar refractivity (Wildman–Crippen MR) is 103 cm³/mol. The summed E-state index contributed by atoms with van der Waals surface area (Å²) in [5.74, 6) is 0.504. The van der Waals surface area contributed by atoms with Gasteiger partial charge in [0, 0.05) is 31.7 Å². The number of piperazine rings is 1. The second-order valence-corrected chi connectivity index (χ2v) is 6.79. The Labute approximate surface area is 159 Å². The molecular formula is C21H26FN3O2. The van der Waals surface area contributed by atoms with Gasteiger partial charge in [-0.1, -0.05) is 30.3 Å². The Morgan fingerprint density at radius 2 is 2.15 bits per heavy atom. The zero-order chi connectivity index (χ0) is 19.2. The fourth-order valence-corrected chi connectivity index (χ4v) is 3.37. The van der Waals surface area contributed by atoms with Crippen LogP contribution in [0.2, 0.25) is 0 Å². The van der Waals surface area contributed by atoms with Crippen LogP contribution in [0.25, 0.3) is 0 Å². The van der Waals surface area contributed by atoms with Crippen LogP contribution in [-0.2, 0) is 11.3 Å². The average Bonchev–Trinajstić information content (AvgIpc) is 2.69. The monoisotopic (exact) mass is 371 g/mol. The number of carbonyl (C=O) groups excluding carboxylic acids is 1. The minimum atomic E-state index is -0.250. The number of halogens is 1. The molecule has 27 heavy (non-hydrogen) atoms. The Bertz CT molecular complexity index is 797. The summed E-state index contributed by atoms with van der Waals surface area (Å²) in [6, 6.07) is 13.0. The molecule has 1 amide bonds. The van der Waals surface area contributed by atoms with E-state index in [2.05, 4.69) is 15.5 Å². The van der Waals surface area contributed by atoms with Gasteiger partial charge >= 0.3 is 0 Å². The first-order valence-corrected chi connectivity index (χ1v) is 9.18. The smallest absolute Gasteiger partial charge is 0.234 e. The van der Waals surface area contributed by atoms with E-state index in [0.717, 1.165) is 36.5 Å². The fourth-order valence-electron chi connectivity index (χ4n) is 3.37. The number of amides is 1. The number of rotatable bonds is 6. The lowest BCUT2D eigenvalue weighted by Gasteiger charge is -2.36. The van der Waals surface area contributed by atoms with Crippen molar-refractivity contribution in [1.82, 2.24) is 15.5 Å². The van der Waals surface area contributed by atoms with Crippen molar-refractivity contribution in [3.63, 3.8) is 0 Å². The molecule has 1 aliphatic rings. The zero-order valence-corrected chi connectivity index (χ0v) is 15.8. The second kappa shape index (κ2) is 8.97. The number of nitrogens with one attached hydrogen (secondary N) is 2. The van der Waals surface area contributed by atoms with Crippen LogP contribution < -0.4 is 15.4 Å². The van der Waals surface area contributed by atoms with Crippen LogP contribution in [0.3, 0.4) is 0 Å². The average molecular weight is 371 g/mol. The van der Waals surface area contributed by atoms with E-state index in [-0.39, 0.29) is 17.8 Å². The van der Waals surface area contributed by atoms with Gasteiger partial charge in [-0.15, -0.1) is 0 Å². The van der Waals surface area contributed by atoms with Gasteiger partial charge in [-0.25, -0.2) is 4.39 Å². The van der Waals surface area contributed by atoms with Gasteiger partial charge in [0.05, 0.1) is 19.7 Å². The molecule has 1 heterocycles. The highest BCUT2D eigenvalue weighted by atomic mass is 19.1. The molecule has 1 aliphatic heterocycles. The second-order valence-electron chi connectivity index (χ2n) is 6.79. The summed E-state index contributed by atoms with van der Waals surface area (Å²) in [5.41, 5.74) is 2.43. The molecule has 2 aromatic carbocycles. The van der Waals surface area contributed by atoms with Crippen LogP contribution in [-0.4, -0.2) is 44.1 Å². The number of methoxy groups -OCH3 is 1. The van der Waals surface area contributed by atoms with Crippen molar-refractivity contribution in [2.75, 3.05) is 33.3 Å². The number of hydrogen-bond acceptors (Lipinski definition) is 4. The first-order valence-electron chi connectivity index (χ1n) is 9.18. The van der Waals surface area contributed by atoms with Crippen molar-refractivity contribution in [2.45, 2.75) is 19.5 Å². The molecular weight excluding hydrogens is 345 g/mol. The van der Waals surface area contributed by atoms with E-state index < -0.39 is 0 Å². The fraction of sp³-hybridized carbons (Fsp3) is 0.381. The van der Waals surface area contributed by atoms with Gasteiger partial charge in [0.25, 0.3) is 0 Å². The Kier molecular flexibility index (Phi) is 6.42. The van der Waals surface area contributed by atoms with Crippen LogP contribution in [0.15, 0.2) is 42.5 Å². The SMILES string of the molecule is COc1ccccc1C1CNCCN1CC(=O)NCc1ccc(C)c(F)c1. The number of ether oxygens (including phenoxy) is 1. The normalized spacial score (nSPS) is 17.5. The molecule has 1 saturated heterocycles. The number of para-hydroxylation sites is 1. The number of aryl methyl sites for hydroxylation is 1. The summed E-state index contributed by atoms with van der Waals surface area (Å²) >= 11 is 0. The molecule has 1 atom stereocenters. The highest BCUT2D eigenvalue weighted by molar-refractivity contribution is 5.78. The molecule has 2 aromatic rings. The molecule has 0 bridgehead atoms. The van der Waals surface area contributed by atoms with Gasteiger partial charge < -0.3 is 15.4 Å². The molecule has 0 radical (unpaired) electrons. The first kappa shape index (κ1) is 19.3. The van der Waals surface area contributed by atoms with Gasteiger partial charge in [-0.2, -0.15) is 0 Å². The third-order valence-electron chi connectivity index (χ3n) is 4.92. The van der Waals surface area contributed by atoms with Crippen LogP contribution in [0.1, 0.15) is 22.7 Å². The van der Waals surface area contributed by atoms with E-state index >= 15 is 0 Å². The zero-order valence-electron chi connectivity index (χ0n) is 15.8. The number of nitrogens with zero attached hydrogens (tertiary/aromatic N) is 1. The molecule has 2 N–H and O–H groups in total. The quantitative estimate of drug-likeness (QED) is 0.819. The van der Waals surface area contributed by atoms with Crippen LogP contribution in [0.4, 0.5) is 4.39 Å². The van der Waals surface area contributed by atoms with Crippen LogP contribution >= 0.6 is 0 Å². The molecule has 144 valence electrons. The van der Waals surface area contributed by atoms with Gasteiger partial charge in [0.2, 0.25) is 5.91 Å². The standard InChI is InChI=1S/C21H26FN3O2/c1-15-7-8-16(11-18(15)22)12-24-21(26)14-25-10-9-23-13-19(25)17-5-3-4-6-20(17)27-2/h3-8,11,19,23H,9-10,12-14H2,1-2H3,(H,24,26). The summed E-state index contributed by atoms with van der Waals surface area (Å²) in [5, 5.41) is 6.28. The highest BCUT2D eigenvalue weighted by Gasteiger charge is 2.27. The van der Waals surface area contributed by atoms with Gasteiger partial charge in [-0.05, 0) is 30.2 Å². The van der Waals surface area contributed by atoms with Crippen molar-refractivity contribution >= 4 is 5.91 Å². The molecule has 3 rings (SSSR count). The Morgan fingerprint density at radius 3 is 2.93 bits per heavy atom. The van der Waals surface area contributed by atoms with Gasteiger partial charge in [-0.3, -0.25) is 9.69 Å². The molecule has 1 unspecified atom stereocenters. The largest absolute Gasteiger partial charge is 0.496 e. The van der Waals surface area contributed by atoms with Crippen molar-refractivity contribution in [3.05, 3.63) is 65.0 Å². The van der Waals surface area contributed by atoms with E-state index in [1.54, 1.807) is 20.1 Å². The lowest BCUT2D eigenvalue weighted by atomic mass is 10.0. The van der Waals surface area contributed by atoms with Gasteiger partial charge in [0.1, 0.15) is 11.6 Å². The number of hydrogen-bond donors (Lipinski definition) is 2. The molecule has 6 heteroatoms. The molecule has 0 aromatic heterocycles. The summed E-state index contributed by atoms with van der Waals surface area (Å²) in [6.45, 7) is 4.70. The maximum Gasteiger partial charge on any atom is 0.234 e. The Morgan fingerprint density at radius 1 is 1.33 bits per heavy atom. The summed E-state index contributed by atoms with van der Waals surface area (Å²) in [6.07, 6.45) is 0. The third kappa shape index (κ3) is 4.84. The van der Waals surface area contributed by atoms with Crippen molar-refractivity contribution in [3.8, 4) is 5.75 Å². The Hall–Kier alpha value is -2.44. The van der Waals surface area contributed by atoms with E-state index in [9.17, 15) is 9.18 Å². The highest BCUT2D eigenvalue weighted by Crippen LogP contribution is 2.29. The van der Waals surface area contributed by atoms with Crippen molar-refractivity contribution in [2.24, 2.45) is 0 Å². The van der Waals surface area contributed by atoms with Crippen LogP contribution in [0, 0.1) is 12.7 Å². The maximum atomic E-state index is 13.6. The molecule has 1 fully saturated rings. The molecule has 0 saturated carbocycles. The predicted octanol–water partition coefficient (Wildman–Crippen LogP) is 2.41. The number of carbonyl (C=O) groups is 1. The molecule has 0 spiro atoms. The molecule has 5 nitrogen and oxygen atoms in total. The van der Waals surface area contributed by atoms with E-state index in [1.807, 2.05) is 30.3 Å². The molecule has 0 aliphatic carbocycles. The third-order valence-corrected chi connectivity index (χ3v) is 4.92. The van der Waals surface area contributed by atoms with Crippen LogP contribution in [0.5, 0.6) is 5.75 Å². The minimum Gasteiger partial charge on any atom is -0.496 e. The van der Waals surface area contributed by atoms with Crippen molar-refractivity contribution in [1.29, 1.82) is 0 Å². The van der Waals surface area contributed by atoms with Crippen molar-refractivity contribution < 1.29 is 13.9 Å². The number of benzene rings is 2. The van der Waals surface area contributed by atoms with Gasteiger partial charge in [0.15, 0.2) is 0 Å². The van der Waals surface area contributed by atoms with E-state index in [1.165, 1.54) is 6.07 Å². The topological polar surface area (TPSA) is 53.6 Å². The first-order chi connectivity index (χ1) is 13.1.